The molecule has 0 saturated carbocycles. The topological polar surface area (TPSA) is 64.2 Å². The number of carbonyl (C=O) groups is 1. The number of amides is 1. The molecule has 6 heteroatoms. The number of aromatic nitrogens is 1. The zero-order valence-corrected chi connectivity index (χ0v) is 15.1. The molecule has 5 nitrogen and oxygen atoms in total. The van der Waals surface area contributed by atoms with Crippen molar-refractivity contribution >= 4 is 34.3 Å². The third kappa shape index (κ3) is 3.77. The van der Waals surface area contributed by atoms with Gasteiger partial charge in [-0.15, -0.1) is 0 Å². The van der Waals surface area contributed by atoms with Gasteiger partial charge in [0.2, 0.25) is 5.91 Å². The number of nitrogens with zero attached hydrogens (tertiary/aromatic N) is 1. The quantitative estimate of drug-likeness (QED) is 0.763. The fraction of sp³-hybridized carbons (Fsp3) is 0.263. The van der Waals surface area contributed by atoms with Crippen molar-refractivity contribution in [1.82, 2.24) is 4.57 Å². The van der Waals surface area contributed by atoms with Gasteiger partial charge in [-0.05, 0) is 35.2 Å². The molecule has 25 heavy (non-hydrogen) atoms. The van der Waals surface area contributed by atoms with Crippen LogP contribution in [-0.2, 0) is 16.8 Å². The van der Waals surface area contributed by atoms with Crippen molar-refractivity contribution in [2.24, 2.45) is 0 Å². The monoisotopic (exact) mass is 358 g/mol. The normalized spacial score (nSPS) is 11.7. The molecule has 1 amide bonds. The van der Waals surface area contributed by atoms with E-state index < -0.39 is 5.76 Å². The van der Waals surface area contributed by atoms with Gasteiger partial charge in [0.15, 0.2) is 5.58 Å². The molecular weight excluding hydrogens is 340 g/mol. The summed E-state index contributed by atoms with van der Waals surface area (Å²) in [6, 6.07) is 12.5. The summed E-state index contributed by atoms with van der Waals surface area (Å²) < 4.78 is 6.41. The van der Waals surface area contributed by atoms with E-state index in [1.807, 2.05) is 24.3 Å². The second-order valence-corrected chi connectivity index (χ2v) is 7.38. The number of benzene rings is 2. The molecule has 0 saturated heterocycles. The number of rotatable bonds is 3. The lowest BCUT2D eigenvalue weighted by molar-refractivity contribution is -0.116. The summed E-state index contributed by atoms with van der Waals surface area (Å²) in [5, 5.41) is 3.27. The summed E-state index contributed by atoms with van der Waals surface area (Å²) >= 11 is 5.89. The highest BCUT2D eigenvalue weighted by Gasteiger charge is 2.15. The Morgan fingerprint density at radius 1 is 1.16 bits per heavy atom. The molecule has 130 valence electrons. The fourth-order valence-electron chi connectivity index (χ4n) is 2.59. The van der Waals surface area contributed by atoms with Crippen LogP contribution < -0.4 is 11.1 Å². The summed E-state index contributed by atoms with van der Waals surface area (Å²) in [4.78, 5) is 24.3. The van der Waals surface area contributed by atoms with E-state index in [2.05, 4.69) is 26.1 Å². The largest absolute Gasteiger partial charge is 0.420 e. The van der Waals surface area contributed by atoms with Crippen LogP contribution in [0.15, 0.2) is 51.7 Å². The summed E-state index contributed by atoms with van der Waals surface area (Å²) in [6.07, 6.45) is 0. The van der Waals surface area contributed by atoms with Gasteiger partial charge >= 0.3 is 5.76 Å². The van der Waals surface area contributed by atoms with E-state index in [9.17, 15) is 9.59 Å². The van der Waals surface area contributed by atoms with Crippen LogP contribution in [0.2, 0.25) is 5.02 Å². The standard InChI is InChI=1S/C19H19ClN2O3/c1-19(2,3)12-4-7-14(8-5-12)21-17(23)11-22-15-9-6-13(20)10-16(15)25-18(22)24/h4-10H,11H2,1-3H3,(H,21,23). The second kappa shape index (κ2) is 6.41. The van der Waals surface area contributed by atoms with Crippen LogP contribution in [0.5, 0.6) is 0 Å². The molecule has 0 aliphatic carbocycles. The Hall–Kier alpha value is -2.53. The zero-order valence-electron chi connectivity index (χ0n) is 14.3. The molecule has 0 atom stereocenters. The highest BCUT2D eigenvalue weighted by atomic mass is 35.5. The first kappa shape index (κ1) is 17.3. The number of fused-ring (bicyclic) bond motifs is 1. The van der Waals surface area contributed by atoms with Crippen LogP contribution in [0, 0.1) is 0 Å². The number of nitrogens with one attached hydrogen (secondary N) is 1. The molecule has 0 spiro atoms. The minimum absolute atomic E-state index is 0.0484. The lowest BCUT2D eigenvalue weighted by Crippen LogP contribution is -2.24. The smallest absolute Gasteiger partial charge is 0.408 e. The van der Waals surface area contributed by atoms with Crippen LogP contribution >= 0.6 is 11.6 Å². The molecule has 0 bridgehead atoms. The summed E-state index contributed by atoms with van der Waals surface area (Å²) in [6.45, 7) is 6.25. The van der Waals surface area contributed by atoms with E-state index in [-0.39, 0.29) is 17.9 Å². The Balaban J connectivity index is 1.77. The average Bonchev–Trinajstić information content (AvgIpc) is 2.82. The Morgan fingerprint density at radius 3 is 2.48 bits per heavy atom. The highest BCUT2D eigenvalue weighted by molar-refractivity contribution is 6.31. The Kier molecular flexibility index (Phi) is 4.43. The van der Waals surface area contributed by atoms with Crippen LogP contribution in [0.1, 0.15) is 26.3 Å². The van der Waals surface area contributed by atoms with E-state index >= 15 is 0 Å². The molecule has 1 heterocycles. The maximum atomic E-state index is 12.3. The molecule has 1 aromatic heterocycles. The molecular formula is C19H19ClN2O3. The first-order valence-corrected chi connectivity index (χ1v) is 8.31. The van der Waals surface area contributed by atoms with Crippen molar-refractivity contribution in [3.05, 3.63) is 63.6 Å². The van der Waals surface area contributed by atoms with E-state index in [0.29, 0.717) is 21.8 Å². The van der Waals surface area contributed by atoms with Crippen molar-refractivity contribution < 1.29 is 9.21 Å². The molecule has 3 rings (SSSR count). The molecule has 3 aromatic rings. The third-order valence-electron chi connectivity index (χ3n) is 3.97. The Labute approximate surface area is 150 Å². The van der Waals surface area contributed by atoms with Gasteiger partial charge in [0.25, 0.3) is 0 Å². The van der Waals surface area contributed by atoms with Crippen molar-refractivity contribution in [3.8, 4) is 0 Å². The van der Waals surface area contributed by atoms with Gasteiger partial charge in [-0.25, -0.2) is 4.79 Å². The van der Waals surface area contributed by atoms with Crippen molar-refractivity contribution in [1.29, 1.82) is 0 Å². The van der Waals surface area contributed by atoms with Crippen LogP contribution in [0.4, 0.5) is 5.69 Å². The predicted octanol–water partition coefficient (Wildman–Crippen LogP) is 4.18. The summed E-state index contributed by atoms with van der Waals surface area (Å²) in [5.74, 6) is -0.890. The van der Waals surface area contributed by atoms with E-state index in [0.717, 1.165) is 0 Å². The van der Waals surface area contributed by atoms with Gasteiger partial charge in [-0.2, -0.15) is 0 Å². The zero-order chi connectivity index (χ0) is 18.2. The summed E-state index contributed by atoms with van der Waals surface area (Å²) in [7, 11) is 0. The van der Waals surface area contributed by atoms with Crippen molar-refractivity contribution in [2.75, 3.05) is 5.32 Å². The molecule has 0 radical (unpaired) electrons. The first-order valence-electron chi connectivity index (χ1n) is 7.93. The predicted molar refractivity (Wildman–Crippen MR) is 99.3 cm³/mol. The van der Waals surface area contributed by atoms with Crippen LogP contribution in [0.3, 0.4) is 0 Å². The minimum Gasteiger partial charge on any atom is -0.408 e. The Bertz CT molecular complexity index is 979. The Morgan fingerprint density at radius 2 is 1.84 bits per heavy atom. The maximum absolute atomic E-state index is 12.3. The second-order valence-electron chi connectivity index (χ2n) is 6.94. The van der Waals surface area contributed by atoms with Gasteiger partial charge in [-0.1, -0.05) is 44.5 Å². The first-order chi connectivity index (χ1) is 11.7. The maximum Gasteiger partial charge on any atom is 0.420 e. The minimum atomic E-state index is -0.588. The van der Waals surface area contributed by atoms with Crippen LogP contribution in [0.25, 0.3) is 11.1 Å². The molecule has 1 N–H and O–H groups in total. The number of anilines is 1. The lowest BCUT2D eigenvalue weighted by Gasteiger charge is -2.19. The molecule has 2 aromatic carbocycles. The molecule has 0 unspecified atom stereocenters. The van der Waals surface area contributed by atoms with Crippen LogP contribution in [-0.4, -0.2) is 10.5 Å². The number of hydrogen-bond donors (Lipinski definition) is 1. The molecule has 0 aliphatic heterocycles. The van der Waals surface area contributed by atoms with Gasteiger partial charge in [0, 0.05) is 16.8 Å². The SMILES string of the molecule is CC(C)(C)c1ccc(NC(=O)Cn2c(=O)oc3cc(Cl)ccc32)cc1. The van der Waals surface area contributed by atoms with Gasteiger partial charge in [-0.3, -0.25) is 9.36 Å². The van der Waals surface area contributed by atoms with E-state index in [1.165, 1.54) is 10.1 Å². The fourth-order valence-corrected chi connectivity index (χ4v) is 2.75. The van der Waals surface area contributed by atoms with Gasteiger partial charge < -0.3 is 9.73 Å². The van der Waals surface area contributed by atoms with Gasteiger partial charge in [0.1, 0.15) is 6.54 Å². The average molecular weight is 359 g/mol. The molecule has 0 aliphatic rings. The molecule has 0 fully saturated rings. The highest BCUT2D eigenvalue weighted by Crippen LogP contribution is 2.23. The third-order valence-corrected chi connectivity index (χ3v) is 4.20. The van der Waals surface area contributed by atoms with E-state index in [1.54, 1.807) is 18.2 Å². The number of hydrogen-bond acceptors (Lipinski definition) is 3. The van der Waals surface area contributed by atoms with E-state index in [4.69, 9.17) is 16.0 Å². The van der Waals surface area contributed by atoms with Crippen molar-refractivity contribution in [3.63, 3.8) is 0 Å². The lowest BCUT2D eigenvalue weighted by atomic mass is 9.87. The number of halogens is 1. The number of oxazole rings is 1. The summed E-state index contributed by atoms with van der Waals surface area (Å²) in [5.41, 5.74) is 2.81. The van der Waals surface area contributed by atoms with Crippen molar-refractivity contribution in [2.45, 2.75) is 32.7 Å². The van der Waals surface area contributed by atoms with Gasteiger partial charge in [0.05, 0.1) is 5.52 Å². The number of carbonyl (C=O) groups excluding carboxylic acids is 1.